The lowest BCUT2D eigenvalue weighted by Crippen LogP contribution is -2.47. The molecule has 5 nitrogen and oxygen atoms in total. The standard InChI is InChI=1S/C18H25N3O2/c1-14-4-3-9-21(13-14)17(22)15-6-10-20(11-7-15)18(23)16-5-2-8-19-12-16/h2,5,8,12,14-15H,3-4,6-7,9-11,13H2,1H3. The van der Waals surface area contributed by atoms with Crippen molar-refractivity contribution in [2.75, 3.05) is 26.2 Å². The SMILES string of the molecule is CC1CCCN(C(=O)C2CCN(C(=O)c3cccnc3)CC2)C1. The van der Waals surface area contributed by atoms with E-state index in [0.29, 0.717) is 30.5 Å². The number of carbonyl (C=O) groups is 2. The summed E-state index contributed by atoms with van der Waals surface area (Å²) in [7, 11) is 0. The zero-order valence-electron chi connectivity index (χ0n) is 13.8. The highest BCUT2D eigenvalue weighted by Gasteiger charge is 2.31. The second-order valence-corrected chi connectivity index (χ2v) is 6.84. The van der Waals surface area contributed by atoms with Gasteiger partial charge in [-0.3, -0.25) is 14.6 Å². The fourth-order valence-corrected chi connectivity index (χ4v) is 3.65. The van der Waals surface area contributed by atoms with Crippen molar-refractivity contribution < 1.29 is 9.59 Å². The van der Waals surface area contributed by atoms with E-state index in [9.17, 15) is 9.59 Å². The summed E-state index contributed by atoms with van der Waals surface area (Å²) in [6, 6.07) is 3.57. The van der Waals surface area contributed by atoms with Crippen LogP contribution in [-0.4, -0.2) is 52.8 Å². The number of nitrogens with zero attached hydrogens (tertiary/aromatic N) is 3. The van der Waals surface area contributed by atoms with Crippen LogP contribution in [0.25, 0.3) is 0 Å². The fraction of sp³-hybridized carbons (Fsp3) is 0.611. The molecule has 0 aliphatic carbocycles. The van der Waals surface area contributed by atoms with E-state index in [1.165, 1.54) is 6.42 Å². The van der Waals surface area contributed by atoms with Gasteiger partial charge in [0, 0.05) is 44.5 Å². The minimum absolute atomic E-state index is 0.0237. The van der Waals surface area contributed by atoms with E-state index in [0.717, 1.165) is 32.4 Å². The van der Waals surface area contributed by atoms with Crippen molar-refractivity contribution in [1.29, 1.82) is 0 Å². The van der Waals surface area contributed by atoms with Crippen molar-refractivity contribution >= 4 is 11.8 Å². The molecule has 3 rings (SSSR count). The summed E-state index contributed by atoms with van der Waals surface area (Å²) in [6.45, 7) is 5.33. The molecule has 2 aliphatic rings. The molecule has 0 saturated carbocycles. The van der Waals surface area contributed by atoms with Gasteiger partial charge in [-0.25, -0.2) is 0 Å². The molecule has 0 aromatic carbocycles. The number of hydrogen-bond acceptors (Lipinski definition) is 3. The van der Waals surface area contributed by atoms with Gasteiger partial charge in [0.1, 0.15) is 0 Å². The number of amides is 2. The van der Waals surface area contributed by atoms with Crippen LogP contribution >= 0.6 is 0 Å². The molecule has 124 valence electrons. The van der Waals surface area contributed by atoms with E-state index in [1.807, 2.05) is 9.80 Å². The Morgan fingerprint density at radius 3 is 2.57 bits per heavy atom. The summed E-state index contributed by atoms with van der Waals surface area (Å²) in [5.74, 6) is 1.01. The summed E-state index contributed by atoms with van der Waals surface area (Å²) < 4.78 is 0. The molecule has 1 atom stereocenters. The third kappa shape index (κ3) is 3.71. The maximum Gasteiger partial charge on any atom is 0.255 e. The van der Waals surface area contributed by atoms with E-state index in [2.05, 4.69) is 11.9 Å². The van der Waals surface area contributed by atoms with Crippen molar-refractivity contribution in [2.24, 2.45) is 11.8 Å². The first kappa shape index (κ1) is 16.0. The Morgan fingerprint density at radius 1 is 1.13 bits per heavy atom. The highest BCUT2D eigenvalue weighted by atomic mass is 16.2. The first-order valence-corrected chi connectivity index (χ1v) is 8.63. The number of piperidine rings is 2. The van der Waals surface area contributed by atoms with Gasteiger partial charge in [-0.15, -0.1) is 0 Å². The van der Waals surface area contributed by atoms with Crippen molar-refractivity contribution in [1.82, 2.24) is 14.8 Å². The molecule has 0 bridgehead atoms. The Kier molecular flexibility index (Phi) is 4.94. The van der Waals surface area contributed by atoms with E-state index in [4.69, 9.17) is 0 Å². The van der Waals surface area contributed by atoms with Gasteiger partial charge in [-0.2, -0.15) is 0 Å². The number of carbonyl (C=O) groups excluding carboxylic acids is 2. The molecular weight excluding hydrogens is 290 g/mol. The minimum atomic E-state index is 0.0237. The van der Waals surface area contributed by atoms with Crippen molar-refractivity contribution in [2.45, 2.75) is 32.6 Å². The Labute approximate surface area is 137 Å². The van der Waals surface area contributed by atoms with E-state index < -0.39 is 0 Å². The second kappa shape index (κ2) is 7.11. The van der Waals surface area contributed by atoms with Gasteiger partial charge in [-0.1, -0.05) is 6.92 Å². The molecular formula is C18H25N3O2. The average Bonchev–Trinajstić information content (AvgIpc) is 2.61. The number of rotatable bonds is 2. The van der Waals surface area contributed by atoms with Gasteiger partial charge in [0.15, 0.2) is 0 Å². The largest absolute Gasteiger partial charge is 0.342 e. The molecule has 1 unspecified atom stereocenters. The second-order valence-electron chi connectivity index (χ2n) is 6.84. The highest BCUT2D eigenvalue weighted by molar-refractivity contribution is 5.94. The van der Waals surface area contributed by atoms with Gasteiger partial charge in [-0.05, 0) is 43.7 Å². The molecule has 3 heterocycles. The van der Waals surface area contributed by atoms with Crippen molar-refractivity contribution in [3.63, 3.8) is 0 Å². The third-order valence-electron chi connectivity index (χ3n) is 5.01. The third-order valence-corrected chi connectivity index (χ3v) is 5.01. The zero-order chi connectivity index (χ0) is 16.2. The van der Waals surface area contributed by atoms with Crippen LogP contribution in [-0.2, 0) is 4.79 Å². The van der Waals surface area contributed by atoms with Crippen LogP contribution in [0.4, 0.5) is 0 Å². The van der Waals surface area contributed by atoms with Gasteiger partial charge >= 0.3 is 0 Å². The summed E-state index contributed by atoms with van der Waals surface area (Å²) in [5, 5.41) is 0. The van der Waals surface area contributed by atoms with Gasteiger partial charge < -0.3 is 9.80 Å². The Morgan fingerprint density at radius 2 is 1.91 bits per heavy atom. The maximum atomic E-state index is 12.7. The van der Waals surface area contributed by atoms with Crippen LogP contribution in [0.5, 0.6) is 0 Å². The van der Waals surface area contributed by atoms with Gasteiger partial charge in [0.2, 0.25) is 5.91 Å². The molecule has 23 heavy (non-hydrogen) atoms. The topological polar surface area (TPSA) is 53.5 Å². The Hall–Kier alpha value is -1.91. The number of pyridine rings is 1. The summed E-state index contributed by atoms with van der Waals surface area (Å²) in [6.07, 6.45) is 7.16. The molecule has 2 fully saturated rings. The van der Waals surface area contributed by atoms with Crippen LogP contribution in [0, 0.1) is 11.8 Å². The van der Waals surface area contributed by atoms with E-state index >= 15 is 0 Å². The van der Waals surface area contributed by atoms with Crippen molar-refractivity contribution in [3.05, 3.63) is 30.1 Å². The molecule has 0 radical (unpaired) electrons. The molecule has 2 amide bonds. The quantitative estimate of drug-likeness (QED) is 0.840. The monoisotopic (exact) mass is 315 g/mol. The Bertz CT molecular complexity index is 553. The van der Waals surface area contributed by atoms with Gasteiger partial charge in [0.25, 0.3) is 5.91 Å². The van der Waals surface area contributed by atoms with Crippen LogP contribution in [0.15, 0.2) is 24.5 Å². The van der Waals surface area contributed by atoms with Crippen LogP contribution in [0.1, 0.15) is 43.0 Å². The number of likely N-dealkylation sites (tertiary alicyclic amines) is 2. The molecule has 1 aromatic heterocycles. The zero-order valence-corrected chi connectivity index (χ0v) is 13.8. The first-order chi connectivity index (χ1) is 11.1. The average molecular weight is 315 g/mol. The molecule has 2 saturated heterocycles. The lowest BCUT2D eigenvalue weighted by Gasteiger charge is -2.37. The molecule has 5 heteroatoms. The van der Waals surface area contributed by atoms with E-state index in [-0.39, 0.29) is 11.8 Å². The van der Waals surface area contributed by atoms with Crippen molar-refractivity contribution in [3.8, 4) is 0 Å². The smallest absolute Gasteiger partial charge is 0.255 e. The normalized spacial score (nSPS) is 22.9. The lowest BCUT2D eigenvalue weighted by molar-refractivity contribution is -0.138. The molecule has 2 aliphatic heterocycles. The molecule has 1 aromatic rings. The van der Waals surface area contributed by atoms with Crippen LogP contribution in [0.3, 0.4) is 0 Å². The Balaban J connectivity index is 1.54. The van der Waals surface area contributed by atoms with Crippen LogP contribution in [0.2, 0.25) is 0 Å². The maximum absolute atomic E-state index is 12.7. The minimum Gasteiger partial charge on any atom is -0.342 e. The number of aromatic nitrogens is 1. The first-order valence-electron chi connectivity index (χ1n) is 8.63. The van der Waals surface area contributed by atoms with Gasteiger partial charge in [0.05, 0.1) is 5.56 Å². The fourth-order valence-electron chi connectivity index (χ4n) is 3.65. The van der Waals surface area contributed by atoms with E-state index in [1.54, 1.807) is 24.5 Å². The summed E-state index contributed by atoms with van der Waals surface area (Å²) >= 11 is 0. The summed E-state index contributed by atoms with van der Waals surface area (Å²) in [4.78, 5) is 33.0. The predicted molar refractivity (Wildman–Crippen MR) is 87.8 cm³/mol. The predicted octanol–water partition coefficient (Wildman–Crippen LogP) is 2.19. The highest BCUT2D eigenvalue weighted by Crippen LogP contribution is 2.24. The lowest BCUT2D eigenvalue weighted by atomic mass is 9.92. The molecule has 0 spiro atoms. The number of hydrogen-bond donors (Lipinski definition) is 0. The molecule has 0 N–H and O–H groups in total. The summed E-state index contributed by atoms with van der Waals surface area (Å²) in [5.41, 5.74) is 0.627. The van der Waals surface area contributed by atoms with Crippen LogP contribution < -0.4 is 0 Å².